The Labute approximate surface area is 325 Å². The second-order valence-electron chi connectivity index (χ2n) is 14.7. The summed E-state index contributed by atoms with van der Waals surface area (Å²) >= 11 is 0. The number of aliphatic hydroxyl groups is 2. The zero-order valence-electron chi connectivity index (χ0n) is 34.1. The minimum absolute atomic E-state index is 0.0469. The number of allylic oxidation sites excluding steroid dienone is 5. The molecule has 0 aliphatic heterocycles. The molecule has 0 saturated heterocycles. The van der Waals surface area contributed by atoms with Gasteiger partial charge >= 0.3 is 7.82 Å². The zero-order chi connectivity index (χ0) is 39.1. The Hall–Kier alpha value is -1.32. The topological polar surface area (TPSA) is 151 Å². The first kappa shape index (κ1) is 51.7. The van der Waals surface area contributed by atoms with Gasteiger partial charge in [0.1, 0.15) is 0 Å². The molecule has 0 aromatic rings. The summed E-state index contributed by atoms with van der Waals surface area (Å²) in [6.07, 6.45) is 42.2. The predicted molar refractivity (Wildman–Crippen MR) is 223 cm³/mol. The molecular formula is C43H83N2O7P. The molecular weight excluding hydrogens is 687 g/mol. The van der Waals surface area contributed by atoms with Gasteiger partial charge in [-0.05, 0) is 51.4 Å². The highest BCUT2D eigenvalue weighted by Gasteiger charge is 2.27. The Morgan fingerprint density at radius 1 is 0.660 bits per heavy atom. The van der Waals surface area contributed by atoms with E-state index in [0.29, 0.717) is 6.42 Å². The summed E-state index contributed by atoms with van der Waals surface area (Å²) in [5.74, 6) is -0.455. The molecule has 53 heavy (non-hydrogen) atoms. The molecule has 0 aliphatic rings. The number of phosphoric acid groups is 1. The third-order valence-electron chi connectivity index (χ3n) is 9.51. The number of unbranched alkanes of at least 4 members (excludes halogenated alkanes) is 22. The summed E-state index contributed by atoms with van der Waals surface area (Å²) < 4.78 is 22.1. The summed E-state index contributed by atoms with van der Waals surface area (Å²) in [5.41, 5.74) is 5.36. The summed E-state index contributed by atoms with van der Waals surface area (Å²) in [6.45, 7) is 3.94. The van der Waals surface area contributed by atoms with E-state index >= 15 is 0 Å². The van der Waals surface area contributed by atoms with Crippen LogP contribution in [0.5, 0.6) is 0 Å². The minimum Gasteiger partial charge on any atom is -0.393 e. The van der Waals surface area contributed by atoms with Crippen molar-refractivity contribution in [3.05, 3.63) is 36.5 Å². The van der Waals surface area contributed by atoms with Crippen LogP contribution in [-0.4, -0.2) is 59.0 Å². The number of nitrogens with one attached hydrogen (secondary N) is 1. The van der Waals surface area contributed by atoms with E-state index < -0.39 is 38.6 Å². The lowest BCUT2D eigenvalue weighted by Gasteiger charge is -2.24. The van der Waals surface area contributed by atoms with E-state index in [1.54, 1.807) is 6.08 Å². The Morgan fingerprint density at radius 2 is 1.11 bits per heavy atom. The number of hydrogen-bond donors (Lipinski definition) is 5. The first-order valence-corrected chi connectivity index (χ1v) is 23.2. The molecule has 0 aliphatic carbocycles. The van der Waals surface area contributed by atoms with Gasteiger partial charge in [-0.25, -0.2) is 4.57 Å². The highest BCUT2D eigenvalue weighted by molar-refractivity contribution is 7.47. The van der Waals surface area contributed by atoms with Crippen LogP contribution in [0.25, 0.3) is 0 Å². The number of phosphoric ester groups is 1. The van der Waals surface area contributed by atoms with Crippen molar-refractivity contribution in [2.45, 2.75) is 212 Å². The number of carbonyl (C=O) groups excluding carboxylic acids is 1. The molecule has 0 fully saturated rings. The van der Waals surface area contributed by atoms with Crippen molar-refractivity contribution in [2.24, 2.45) is 5.73 Å². The van der Waals surface area contributed by atoms with Crippen molar-refractivity contribution in [1.29, 1.82) is 0 Å². The first-order valence-electron chi connectivity index (χ1n) is 21.7. The number of carbonyl (C=O) groups is 1. The van der Waals surface area contributed by atoms with E-state index in [1.807, 2.05) is 6.08 Å². The van der Waals surface area contributed by atoms with Gasteiger partial charge in [-0.2, -0.15) is 0 Å². The molecule has 6 N–H and O–H groups in total. The average molecular weight is 771 g/mol. The zero-order valence-corrected chi connectivity index (χ0v) is 35.0. The Kier molecular flexibility index (Phi) is 38.0. The van der Waals surface area contributed by atoms with Crippen molar-refractivity contribution >= 4 is 13.7 Å². The lowest BCUT2D eigenvalue weighted by Crippen LogP contribution is -2.46. The van der Waals surface area contributed by atoms with Crippen LogP contribution in [0.2, 0.25) is 0 Å². The molecule has 4 unspecified atom stereocenters. The van der Waals surface area contributed by atoms with Gasteiger partial charge in [0.15, 0.2) is 0 Å². The molecule has 0 radical (unpaired) electrons. The van der Waals surface area contributed by atoms with Crippen molar-refractivity contribution in [3.8, 4) is 0 Å². The van der Waals surface area contributed by atoms with Gasteiger partial charge in [0, 0.05) is 6.54 Å². The van der Waals surface area contributed by atoms with E-state index in [1.165, 1.54) is 103 Å². The minimum atomic E-state index is -4.40. The summed E-state index contributed by atoms with van der Waals surface area (Å²) in [7, 11) is -4.40. The Balaban J connectivity index is 4.37. The van der Waals surface area contributed by atoms with E-state index in [4.69, 9.17) is 14.8 Å². The average Bonchev–Trinajstić information content (AvgIpc) is 3.13. The van der Waals surface area contributed by atoms with Crippen LogP contribution in [0.1, 0.15) is 194 Å². The second kappa shape index (κ2) is 38.9. The fraction of sp³-hybridized carbons (Fsp3) is 0.837. The van der Waals surface area contributed by atoms with Crippen LogP contribution < -0.4 is 11.1 Å². The third-order valence-corrected chi connectivity index (χ3v) is 10.5. The lowest BCUT2D eigenvalue weighted by molar-refractivity contribution is -0.124. The Bertz CT molecular complexity index is 946. The maximum Gasteiger partial charge on any atom is 0.472 e. The molecule has 0 spiro atoms. The van der Waals surface area contributed by atoms with E-state index in [0.717, 1.165) is 64.2 Å². The smallest absolute Gasteiger partial charge is 0.393 e. The standard InChI is InChI=1S/C43H83N2O7P/c1-3-5-7-9-11-13-15-17-19-21-23-25-27-29-31-33-35-42(47)41(39-52-53(49,50)51-37-36-44)45-43(48)38-40(46)34-32-30-28-26-24-22-20-18-16-14-12-10-8-6-4-2/h12,14,18,20,33,35,40-42,46-47H,3-11,13,15-17,19,21-32,34,36-39,44H2,1-2H3,(H,45,48)(H,49,50)/b14-12-,20-18-,35-33+. The van der Waals surface area contributed by atoms with Gasteiger partial charge in [-0.15, -0.1) is 0 Å². The van der Waals surface area contributed by atoms with Gasteiger partial charge in [0.25, 0.3) is 0 Å². The number of amides is 1. The summed E-state index contributed by atoms with van der Waals surface area (Å²) in [4.78, 5) is 22.7. The van der Waals surface area contributed by atoms with Crippen molar-refractivity contribution in [3.63, 3.8) is 0 Å². The summed E-state index contributed by atoms with van der Waals surface area (Å²) in [6, 6.07) is -0.986. The normalized spacial score (nSPS) is 15.1. The fourth-order valence-electron chi connectivity index (χ4n) is 6.21. The maximum atomic E-state index is 12.8. The Morgan fingerprint density at radius 3 is 1.64 bits per heavy atom. The van der Waals surface area contributed by atoms with Crippen molar-refractivity contribution in [1.82, 2.24) is 5.32 Å². The fourth-order valence-corrected chi connectivity index (χ4v) is 6.96. The molecule has 312 valence electrons. The maximum absolute atomic E-state index is 12.8. The molecule has 0 aromatic heterocycles. The SMILES string of the molecule is CCCCC/C=C\C/C=C\CCCCCCCC(O)CC(=O)NC(COP(=O)(O)OCCN)C(O)/C=C/CCCCCCCCCCCCCCCC. The van der Waals surface area contributed by atoms with Crippen LogP contribution in [0, 0.1) is 0 Å². The third kappa shape index (κ3) is 37.4. The van der Waals surface area contributed by atoms with Gasteiger partial charge in [0.05, 0.1) is 37.9 Å². The molecule has 0 saturated carbocycles. The van der Waals surface area contributed by atoms with Gasteiger partial charge in [0.2, 0.25) is 5.91 Å². The quantitative estimate of drug-likeness (QED) is 0.0235. The molecule has 0 rings (SSSR count). The van der Waals surface area contributed by atoms with Gasteiger partial charge < -0.3 is 26.2 Å². The molecule has 0 aromatic carbocycles. The molecule has 9 nitrogen and oxygen atoms in total. The van der Waals surface area contributed by atoms with E-state index in [9.17, 15) is 24.5 Å². The number of aliphatic hydroxyl groups excluding tert-OH is 2. The largest absolute Gasteiger partial charge is 0.472 e. The highest BCUT2D eigenvalue weighted by atomic mass is 31.2. The molecule has 0 heterocycles. The van der Waals surface area contributed by atoms with E-state index in [-0.39, 0.29) is 19.6 Å². The number of hydrogen-bond acceptors (Lipinski definition) is 7. The van der Waals surface area contributed by atoms with Crippen LogP contribution in [0.15, 0.2) is 36.5 Å². The monoisotopic (exact) mass is 771 g/mol. The van der Waals surface area contributed by atoms with Crippen LogP contribution in [0.4, 0.5) is 0 Å². The van der Waals surface area contributed by atoms with E-state index in [2.05, 4.69) is 43.5 Å². The van der Waals surface area contributed by atoms with Crippen molar-refractivity contribution < 1.29 is 33.5 Å². The van der Waals surface area contributed by atoms with Crippen molar-refractivity contribution in [2.75, 3.05) is 19.8 Å². The summed E-state index contributed by atoms with van der Waals surface area (Å²) in [5, 5.41) is 24.0. The number of nitrogens with two attached hydrogens (primary N) is 1. The highest BCUT2D eigenvalue weighted by Crippen LogP contribution is 2.43. The molecule has 1 amide bonds. The van der Waals surface area contributed by atoms with Gasteiger partial charge in [-0.1, -0.05) is 172 Å². The lowest BCUT2D eigenvalue weighted by atomic mass is 10.0. The van der Waals surface area contributed by atoms with Crippen LogP contribution in [-0.2, 0) is 18.4 Å². The predicted octanol–water partition coefficient (Wildman–Crippen LogP) is 10.9. The molecule has 4 atom stereocenters. The van der Waals surface area contributed by atoms with Crippen LogP contribution >= 0.6 is 7.82 Å². The number of rotatable bonds is 40. The van der Waals surface area contributed by atoms with Gasteiger partial charge in [-0.3, -0.25) is 13.8 Å². The van der Waals surface area contributed by atoms with Crippen LogP contribution in [0.3, 0.4) is 0 Å². The second-order valence-corrected chi connectivity index (χ2v) is 16.2. The first-order chi connectivity index (χ1) is 25.8. The molecule has 10 heteroatoms. The molecule has 0 bridgehead atoms.